The van der Waals surface area contributed by atoms with Crippen molar-refractivity contribution >= 4 is 46.1 Å². The zero-order chi connectivity index (χ0) is 21.3. The fourth-order valence-corrected chi connectivity index (χ4v) is 3.31. The fraction of sp³-hybridized carbons (Fsp3) is 0.0476. The Bertz CT molecular complexity index is 1310. The van der Waals surface area contributed by atoms with E-state index >= 15 is 0 Å². The predicted octanol–water partition coefficient (Wildman–Crippen LogP) is 5.29. The van der Waals surface area contributed by atoms with E-state index in [1.807, 2.05) is 35.0 Å². The number of aliphatic imine (C=N–C) groups is 1. The highest BCUT2D eigenvalue weighted by Gasteiger charge is 2.14. The first-order valence-electron chi connectivity index (χ1n) is 8.80. The lowest BCUT2D eigenvalue weighted by atomic mass is 10.2. The maximum absolute atomic E-state index is 11.1. The molecule has 2 heterocycles. The summed E-state index contributed by atoms with van der Waals surface area (Å²) >= 11 is 5.85. The molecule has 0 radical (unpaired) electrons. The molecule has 0 saturated heterocycles. The van der Waals surface area contributed by atoms with Crippen molar-refractivity contribution in [1.82, 2.24) is 4.57 Å². The van der Waals surface area contributed by atoms with Gasteiger partial charge in [0.05, 0.1) is 17.2 Å². The Balaban J connectivity index is 1.68. The van der Waals surface area contributed by atoms with Crippen LogP contribution in [-0.4, -0.2) is 26.8 Å². The summed E-state index contributed by atoms with van der Waals surface area (Å²) in [6.45, 7) is 0.341. The van der Waals surface area contributed by atoms with Crippen LogP contribution in [0.3, 0.4) is 0 Å². The number of aromatic nitrogens is 1. The van der Waals surface area contributed by atoms with E-state index in [1.54, 1.807) is 18.3 Å². The quantitative estimate of drug-likeness (QED) is 0.257. The van der Waals surface area contributed by atoms with Crippen molar-refractivity contribution in [3.8, 4) is 0 Å². The van der Waals surface area contributed by atoms with E-state index < -0.39 is 10.9 Å². The van der Waals surface area contributed by atoms with E-state index in [9.17, 15) is 14.9 Å². The summed E-state index contributed by atoms with van der Waals surface area (Å²) in [5.74, 6) is -0.735. The number of carbonyl (C=O) groups is 1. The number of carboxylic acid groups (broad SMARTS) is 1. The number of aromatic carboxylic acids is 1. The van der Waals surface area contributed by atoms with E-state index in [4.69, 9.17) is 21.1 Å². The smallest absolute Gasteiger partial charge is 0.371 e. The molecule has 0 fully saturated rings. The maximum atomic E-state index is 11.1. The van der Waals surface area contributed by atoms with Gasteiger partial charge in [0.2, 0.25) is 5.76 Å². The van der Waals surface area contributed by atoms with Crippen LogP contribution in [0.15, 0.2) is 70.2 Å². The molecule has 9 heteroatoms. The third-order valence-electron chi connectivity index (χ3n) is 4.50. The second-order valence-electron chi connectivity index (χ2n) is 6.45. The second kappa shape index (κ2) is 7.84. The number of hydrogen-bond donors (Lipinski definition) is 1. The van der Waals surface area contributed by atoms with Gasteiger partial charge in [-0.3, -0.25) is 15.1 Å². The summed E-state index contributed by atoms with van der Waals surface area (Å²) in [6, 6.07) is 15.0. The lowest BCUT2D eigenvalue weighted by molar-refractivity contribution is -0.384. The van der Waals surface area contributed by atoms with Crippen LogP contribution in [0.5, 0.6) is 0 Å². The summed E-state index contributed by atoms with van der Waals surface area (Å²) in [5, 5.41) is 21.1. The number of carboxylic acids is 1. The van der Waals surface area contributed by atoms with Crippen molar-refractivity contribution in [2.45, 2.75) is 6.54 Å². The molecule has 0 aliphatic carbocycles. The number of halogens is 1. The summed E-state index contributed by atoms with van der Waals surface area (Å²) in [7, 11) is 0. The molecule has 0 atom stereocenters. The van der Waals surface area contributed by atoms with Gasteiger partial charge in [0.25, 0.3) is 5.69 Å². The van der Waals surface area contributed by atoms with Crippen molar-refractivity contribution in [2.24, 2.45) is 4.99 Å². The van der Waals surface area contributed by atoms with E-state index in [0.29, 0.717) is 18.0 Å². The van der Waals surface area contributed by atoms with Crippen molar-refractivity contribution in [2.75, 3.05) is 0 Å². The Morgan fingerprint density at radius 3 is 2.77 bits per heavy atom. The van der Waals surface area contributed by atoms with Crippen LogP contribution in [0.4, 0.5) is 11.4 Å². The number of furan rings is 1. The van der Waals surface area contributed by atoms with Crippen molar-refractivity contribution in [3.63, 3.8) is 0 Å². The lowest BCUT2D eigenvalue weighted by Gasteiger charge is -2.02. The van der Waals surface area contributed by atoms with E-state index in [0.717, 1.165) is 16.5 Å². The molecule has 2 aromatic heterocycles. The van der Waals surface area contributed by atoms with Crippen LogP contribution in [0, 0.1) is 10.1 Å². The number of nitrogens with zero attached hydrogens (tertiary/aromatic N) is 3. The highest BCUT2D eigenvalue weighted by Crippen LogP contribution is 2.29. The van der Waals surface area contributed by atoms with Crippen molar-refractivity contribution in [3.05, 3.63) is 93.0 Å². The zero-order valence-corrected chi connectivity index (χ0v) is 16.1. The van der Waals surface area contributed by atoms with Gasteiger partial charge >= 0.3 is 5.97 Å². The molecule has 0 spiro atoms. The standard InChI is InChI=1S/C21H14ClN3O5/c22-17-7-5-14(9-19(17)25(28)29)23-10-13-11-24(18-4-2-1-3-16(13)18)12-15-6-8-20(30-15)21(26)27/h1-11H,12H2,(H,26,27). The molecule has 8 nitrogen and oxygen atoms in total. The topological polar surface area (TPSA) is 111 Å². The van der Waals surface area contributed by atoms with Gasteiger partial charge in [-0.2, -0.15) is 0 Å². The largest absolute Gasteiger partial charge is 0.475 e. The van der Waals surface area contributed by atoms with Gasteiger partial charge in [-0.15, -0.1) is 0 Å². The number of para-hydroxylation sites is 1. The number of nitro benzene ring substituents is 1. The number of fused-ring (bicyclic) bond motifs is 1. The molecule has 0 saturated carbocycles. The molecule has 0 aliphatic heterocycles. The molecule has 4 rings (SSSR count). The first kappa shape index (κ1) is 19.4. The van der Waals surface area contributed by atoms with Crippen molar-refractivity contribution in [1.29, 1.82) is 0 Å². The Kier molecular flexibility index (Phi) is 5.07. The molecule has 0 amide bonds. The molecular weight excluding hydrogens is 410 g/mol. The Morgan fingerprint density at radius 1 is 1.23 bits per heavy atom. The first-order chi connectivity index (χ1) is 14.4. The third kappa shape index (κ3) is 3.81. The van der Waals surface area contributed by atoms with Crippen LogP contribution in [0.2, 0.25) is 5.02 Å². The molecule has 2 aromatic carbocycles. The van der Waals surface area contributed by atoms with Crippen LogP contribution in [0.1, 0.15) is 21.9 Å². The fourth-order valence-electron chi connectivity index (χ4n) is 3.12. The predicted molar refractivity (Wildman–Crippen MR) is 112 cm³/mol. The molecule has 30 heavy (non-hydrogen) atoms. The van der Waals surface area contributed by atoms with Gasteiger partial charge in [-0.1, -0.05) is 29.8 Å². The monoisotopic (exact) mass is 423 g/mol. The lowest BCUT2D eigenvalue weighted by Crippen LogP contribution is -1.97. The average molecular weight is 424 g/mol. The van der Waals surface area contributed by atoms with Crippen molar-refractivity contribution < 1.29 is 19.2 Å². The third-order valence-corrected chi connectivity index (χ3v) is 4.82. The minimum absolute atomic E-state index is 0.0507. The van der Waals surface area contributed by atoms with Crippen LogP contribution < -0.4 is 0 Å². The number of rotatable bonds is 6. The SMILES string of the molecule is O=C(O)c1ccc(Cn2cc(C=Nc3ccc(Cl)c([N+](=O)[O-])c3)c3ccccc32)o1. The van der Waals surface area contributed by atoms with Crippen LogP contribution >= 0.6 is 11.6 Å². The normalized spacial score (nSPS) is 11.4. The minimum Gasteiger partial charge on any atom is -0.475 e. The van der Waals surface area contributed by atoms with Gasteiger partial charge in [-0.25, -0.2) is 4.79 Å². The Morgan fingerprint density at radius 2 is 2.03 bits per heavy atom. The minimum atomic E-state index is -1.12. The van der Waals surface area contributed by atoms with Gasteiger partial charge < -0.3 is 14.1 Å². The Hall–Kier alpha value is -3.91. The molecule has 4 aromatic rings. The highest BCUT2D eigenvalue weighted by atomic mass is 35.5. The average Bonchev–Trinajstić information content (AvgIpc) is 3.33. The molecule has 1 N–H and O–H groups in total. The zero-order valence-electron chi connectivity index (χ0n) is 15.4. The molecule has 0 aliphatic rings. The van der Waals surface area contributed by atoms with Crippen LogP contribution in [-0.2, 0) is 6.54 Å². The first-order valence-corrected chi connectivity index (χ1v) is 9.18. The molecular formula is C21H14ClN3O5. The molecule has 0 unspecified atom stereocenters. The summed E-state index contributed by atoms with van der Waals surface area (Å²) in [5.41, 5.74) is 1.91. The van der Waals surface area contributed by atoms with Gasteiger partial charge in [-0.05, 0) is 30.3 Å². The van der Waals surface area contributed by atoms with Gasteiger partial charge in [0.1, 0.15) is 10.8 Å². The summed E-state index contributed by atoms with van der Waals surface area (Å²) < 4.78 is 7.27. The summed E-state index contributed by atoms with van der Waals surface area (Å²) in [4.78, 5) is 25.9. The van der Waals surface area contributed by atoms with Gasteiger partial charge in [0, 0.05) is 34.9 Å². The van der Waals surface area contributed by atoms with Gasteiger partial charge in [0.15, 0.2) is 0 Å². The van der Waals surface area contributed by atoms with E-state index in [-0.39, 0.29) is 16.5 Å². The molecule has 150 valence electrons. The Labute approximate surface area is 174 Å². The maximum Gasteiger partial charge on any atom is 0.371 e. The second-order valence-corrected chi connectivity index (χ2v) is 6.86. The highest BCUT2D eigenvalue weighted by molar-refractivity contribution is 6.32. The van der Waals surface area contributed by atoms with Crippen LogP contribution in [0.25, 0.3) is 10.9 Å². The number of hydrogen-bond acceptors (Lipinski definition) is 5. The van der Waals surface area contributed by atoms with E-state index in [1.165, 1.54) is 18.2 Å². The molecule has 0 bridgehead atoms. The van der Waals surface area contributed by atoms with E-state index in [2.05, 4.69) is 4.99 Å². The number of nitro groups is 1. The number of benzene rings is 2. The summed E-state index contributed by atoms with van der Waals surface area (Å²) in [6.07, 6.45) is 3.48.